The molecule has 0 saturated heterocycles. The van der Waals surface area contributed by atoms with Gasteiger partial charge in [0.05, 0.1) is 5.71 Å². The second kappa shape index (κ2) is 8.74. The van der Waals surface area contributed by atoms with E-state index in [4.69, 9.17) is 9.15 Å². The maximum absolute atomic E-state index is 12.9. The molecule has 4 aromatic rings. The van der Waals surface area contributed by atoms with Crippen LogP contribution >= 0.6 is 0 Å². The fourth-order valence-electron chi connectivity index (χ4n) is 4.22. The number of hydrogen-bond acceptors (Lipinski definition) is 5. The normalized spacial score (nSPS) is 14.2. The van der Waals surface area contributed by atoms with Crippen molar-refractivity contribution in [2.75, 3.05) is 0 Å². The highest BCUT2D eigenvalue weighted by Crippen LogP contribution is 2.30. The van der Waals surface area contributed by atoms with Crippen molar-refractivity contribution in [3.8, 4) is 5.75 Å². The molecule has 0 saturated carbocycles. The number of carbonyl (C=O) groups is 2. The summed E-state index contributed by atoms with van der Waals surface area (Å²) in [7, 11) is 0. The minimum Gasteiger partial charge on any atom is -0.453 e. The van der Waals surface area contributed by atoms with Crippen molar-refractivity contribution in [3.63, 3.8) is 0 Å². The number of para-hydroxylation sites is 1. The lowest BCUT2D eigenvalue weighted by Gasteiger charge is -2.13. The number of amides is 1. The van der Waals surface area contributed by atoms with Crippen molar-refractivity contribution >= 4 is 28.4 Å². The SMILES string of the molecule is Cc1c(C(=O)Oc2ccccc2)oc2c1/C(=N/NC(=O)c1cccc3ccccc13)CCC2. The summed E-state index contributed by atoms with van der Waals surface area (Å²) < 4.78 is 11.3. The third kappa shape index (κ3) is 4.03. The van der Waals surface area contributed by atoms with Gasteiger partial charge in [0.25, 0.3) is 5.91 Å². The third-order valence-corrected chi connectivity index (χ3v) is 5.79. The summed E-state index contributed by atoms with van der Waals surface area (Å²) in [6.07, 6.45) is 2.19. The standard InChI is InChI=1S/C27H22N2O4/c1-17-24-22(28-29-26(30)21-14-7-10-18-9-5-6-13-20(18)21)15-8-16-23(24)33-25(17)27(31)32-19-11-3-2-4-12-19/h2-7,9-14H,8,15-16H2,1H3,(H,29,30)/b28-22+. The average Bonchev–Trinajstić information content (AvgIpc) is 3.20. The van der Waals surface area contributed by atoms with Crippen LogP contribution in [0.4, 0.5) is 0 Å². The smallest absolute Gasteiger partial charge is 0.379 e. The first kappa shape index (κ1) is 20.7. The summed E-state index contributed by atoms with van der Waals surface area (Å²) in [5, 5.41) is 6.29. The number of hydrazone groups is 1. The molecule has 0 aliphatic heterocycles. The van der Waals surface area contributed by atoms with Crippen molar-refractivity contribution in [2.45, 2.75) is 26.2 Å². The Labute approximate surface area is 190 Å². The molecule has 1 aliphatic carbocycles. The number of nitrogens with one attached hydrogen (secondary N) is 1. The van der Waals surface area contributed by atoms with E-state index in [0.717, 1.165) is 22.8 Å². The fraction of sp³-hybridized carbons (Fsp3) is 0.148. The highest BCUT2D eigenvalue weighted by Gasteiger charge is 2.29. The van der Waals surface area contributed by atoms with Gasteiger partial charge in [0, 0.05) is 23.1 Å². The van der Waals surface area contributed by atoms with Crippen LogP contribution in [0, 0.1) is 6.92 Å². The summed E-state index contributed by atoms with van der Waals surface area (Å²) in [6, 6.07) is 22.2. The summed E-state index contributed by atoms with van der Waals surface area (Å²) in [6.45, 7) is 1.82. The van der Waals surface area contributed by atoms with Crippen molar-refractivity contribution in [1.29, 1.82) is 0 Å². The molecular weight excluding hydrogens is 416 g/mol. The molecule has 1 aliphatic rings. The number of nitrogens with zero attached hydrogens (tertiary/aromatic N) is 1. The molecule has 3 aromatic carbocycles. The highest BCUT2D eigenvalue weighted by atomic mass is 16.5. The molecule has 33 heavy (non-hydrogen) atoms. The van der Waals surface area contributed by atoms with Crippen LogP contribution < -0.4 is 10.2 Å². The maximum Gasteiger partial charge on any atom is 0.379 e. The Morgan fingerprint density at radius 3 is 2.55 bits per heavy atom. The van der Waals surface area contributed by atoms with E-state index in [0.29, 0.717) is 41.2 Å². The Balaban J connectivity index is 1.41. The van der Waals surface area contributed by atoms with Gasteiger partial charge in [0.2, 0.25) is 5.76 Å². The molecule has 0 spiro atoms. The molecule has 1 N–H and O–H groups in total. The molecule has 0 atom stereocenters. The Morgan fingerprint density at radius 2 is 1.70 bits per heavy atom. The van der Waals surface area contributed by atoms with Crippen molar-refractivity contribution in [1.82, 2.24) is 5.43 Å². The van der Waals surface area contributed by atoms with Gasteiger partial charge in [-0.1, -0.05) is 54.6 Å². The van der Waals surface area contributed by atoms with Gasteiger partial charge in [-0.3, -0.25) is 4.79 Å². The Morgan fingerprint density at radius 1 is 0.939 bits per heavy atom. The summed E-state index contributed by atoms with van der Waals surface area (Å²) in [5.41, 5.74) is 5.40. The molecule has 0 radical (unpaired) electrons. The van der Waals surface area contributed by atoms with Crippen LogP contribution in [0.3, 0.4) is 0 Å². The molecule has 1 heterocycles. The highest BCUT2D eigenvalue weighted by molar-refractivity contribution is 6.09. The van der Waals surface area contributed by atoms with E-state index in [1.807, 2.05) is 49.4 Å². The van der Waals surface area contributed by atoms with Crippen LogP contribution in [0.15, 0.2) is 82.3 Å². The lowest BCUT2D eigenvalue weighted by molar-refractivity contribution is 0.0698. The zero-order valence-electron chi connectivity index (χ0n) is 18.1. The first-order valence-electron chi connectivity index (χ1n) is 10.9. The van der Waals surface area contributed by atoms with Crippen molar-refractivity contribution < 1.29 is 18.7 Å². The fourth-order valence-corrected chi connectivity index (χ4v) is 4.22. The van der Waals surface area contributed by atoms with Crippen LogP contribution in [0.5, 0.6) is 5.75 Å². The summed E-state index contributed by atoms with van der Waals surface area (Å²) in [4.78, 5) is 25.6. The first-order valence-corrected chi connectivity index (χ1v) is 10.9. The molecule has 1 aromatic heterocycles. The van der Waals surface area contributed by atoms with Gasteiger partial charge < -0.3 is 9.15 Å². The minimum atomic E-state index is -0.549. The largest absolute Gasteiger partial charge is 0.453 e. The van der Waals surface area contributed by atoms with E-state index in [1.165, 1.54) is 0 Å². The Hall–Kier alpha value is -4.19. The number of benzene rings is 3. The number of ether oxygens (including phenoxy) is 1. The van der Waals surface area contributed by atoms with Gasteiger partial charge in [0.1, 0.15) is 11.5 Å². The number of carbonyl (C=O) groups excluding carboxylic acids is 2. The van der Waals surface area contributed by atoms with Crippen molar-refractivity contribution in [2.24, 2.45) is 5.10 Å². The lowest BCUT2D eigenvalue weighted by Crippen LogP contribution is -2.22. The molecular formula is C27H22N2O4. The summed E-state index contributed by atoms with van der Waals surface area (Å²) in [5.74, 6) is 0.479. The number of furan rings is 1. The third-order valence-electron chi connectivity index (χ3n) is 5.79. The second-order valence-corrected chi connectivity index (χ2v) is 7.94. The predicted molar refractivity (Wildman–Crippen MR) is 126 cm³/mol. The number of fused-ring (bicyclic) bond motifs is 2. The topological polar surface area (TPSA) is 80.9 Å². The van der Waals surface area contributed by atoms with Crippen LogP contribution in [0.25, 0.3) is 10.8 Å². The monoisotopic (exact) mass is 438 g/mol. The second-order valence-electron chi connectivity index (χ2n) is 7.94. The van der Waals surface area contributed by atoms with Gasteiger partial charge in [-0.25, -0.2) is 10.2 Å². The van der Waals surface area contributed by atoms with Gasteiger partial charge in [-0.2, -0.15) is 5.10 Å². The van der Waals surface area contributed by atoms with E-state index in [9.17, 15) is 9.59 Å². The summed E-state index contributed by atoms with van der Waals surface area (Å²) >= 11 is 0. The predicted octanol–water partition coefficient (Wildman–Crippen LogP) is 5.43. The van der Waals surface area contributed by atoms with Gasteiger partial charge in [-0.15, -0.1) is 0 Å². The van der Waals surface area contributed by atoms with Crippen molar-refractivity contribution in [3.05, 3.63) is 101 Å². The molecule has 0 bridgehead atoms. The minimum absolute atomic E-state index is 0.166. The van der Waals surface area contributed by atoms with Gasteiger partial charge >= 0.3 is 5.97 Å². The zero-order valence-corrected chi connectivity index (χ0v) is 18.1. The number of hydrogen-bond donors (Lipinski definition) is 1. The molecule has 0 fully saturated rings. The maximum atomic E-state index is 12.9. The van der Waals surface area contributed by atoms with Crippen LogP contribution in [-0.4, -0.2) is 17.6 Å². The molecule has 1 amide bonds. The number of aryl methyl sites for hydroxylation is 1. The Bertz CT molecular complexity index is 1380. The molecule has 5 rings (SSSR count). The van der Waals surface area contributed by atoms with E-state index >= 15 is 0 Å². The van der Waals surface area contributed by atoms with Gasteiger partial charge in [-0.05, 0) is 48.7 Å². The number of esters is 1. The quantitative estimate of drug-likeness (QED) is 0.262. The van der Waals surface area contributed by atoms with Gasteiger partial charge in [0.15, 0.2) is 0 Å². The Kier molecular flexibility index (Phi) is 5.48. The molecule has 0 unspecified atom stereocenters. The number of rotatable bonds is 4. The van der Waals surface area contributed by atoms with E-state index in [2.05, 4.69) is 10.5 Å². The molecule has 6 nitrogen and oxygen atoms in total. The molecule has 164 valence electrons. The zero-order chi connectivity index (χ0) is 22.8. The van der Waals surface area contributed by atoms with E-state index < -0.39 is 5.97 Å². The van der Waals surface area contributed by atoms with E-state index in [-0.39, 0.29) is 11.7 Å². The van der Waals surface area contributed by atoms with Crippen LogP contribution in [0.2, 0.25) is 0 Å². The average molecular weight is 438 g/mol. The lowest BCUT2D eigenvalue weighted by atomic mass is 9.93. The molecule has 6 heteroatoms. The van der Waals surface area contributed by atoms with Crippen LogP contribution in [0.1, 0.15) is 50.6 Å². The van der Waals surface area contributed by atoms with Crippen LogP contribution in [-0.2, 0) is 6.42 Å². The van der Waals surface area contributed by atoms with E-state index in [1.54, 1.807) is 30.3 Å². The first-order chi connectivity index (χ1) is 16.1.